The maximum absolute atomic E-state index is 12.5. The Kier molecular flexibility index (Phi) is 5.59. The summed E-state index contributed by atoms with van der Waals surface area (Å²) in [4.78, 5) is 25.4. The van der Waals surface area contributed by atoms with Gasteiger partial charge in [0.1, 0.15) is 11.9 Å². The zero-order valence-corrected chi connectivity index (χ0v) is 19.0. The van der Waals surface area contributed by atoms with Gasteiger partial charge in [0, 0.05) is 30.5 Å². The van der Waals surface area contributed by atoms with Crippen molar-refractivity contribution >= 4 is 12.4 Å². The second-order valence-corrected chi connectivity index (χ2v) is 10.2. The number of aldehydes is 1. The van der Waals surface area contributed by atoms with Gasteiger partial charge < -0.3 is 14.4 Å². The van der Waals surface area contributed by atoms with Gasteiger partial charge in [-0.05, 0) is 47.0 Å². The number of nitrogens with zero attached hydrogens (tertiary/aromatic N) is 1. The third-order valence-corrected chi connectivity index (χ3v) is 6.63. The van der Waals surface area contributed by atoms with Gasteiger partial charge in [-0.25, -0.2) is 4.79 Å². The van der Waals surface area contributed by atoms with E-state index in [1.54, 1.807) is 4.90 Å². The van der Waals surface area contributed by atoms with E-state index < -0.39 is 16.8 Å². The number of carbonyl (C=O) groups is 2. The van der Waals surface area contributed by atoms with Gasteiger partial charge in [-0.1, -0.05) is 54.2 Å². The number of amides is 1. The van der Waals surface area contributed by atoms with Crippen LogP contribution in [0, 0.1) is 11.8 Å². The van der Waals surface area contributed by atoms with E-state index in [-0.39, 0.29) is 17.9 Å². The van der Waals surface area contributed by atoms with Crippen LogP contribution in [0.3, 0.4) is 0 Å². The molecule has 5 heteroatoms. The fraction of sp³-hybridized carbons (Fsp3) is 0.538. The SMILES string of the molecule is CC(C)(C)OC(=O)N1CCC2(C=C(C3C=CC(C=O)=CC3)C3C=CC=C[C@@]3(C)O2)CC1. The summed E-state index contributed by atoms with van der Waals surface area (Å²) >= 11 is 0. The van der Waals surface area contributed by atoms with Crippen LogP contribution in [-0.2, 0) is 14.3 Å². The molecule has 1 saturated heterocycles. The third kappa shape index (κ3) is 4.47. The average molecular weight is 424 g/mol. The normalized spacial score (nSPS) is 31.7. The van der Waals surface area contributed by atoms with Crippen LogP contribution in [0.25, 0.3) is 0 Å². The summed E-state index contributed by atoms with van der Waals surface area (Å²) in [6.07, 6.45) is 19.9. The second-order valence-electron chi connectivity index (χ2n) is 10.2. The Hall–Kier alpha value is -2.40. The monoisotopic (exact) mass is 423 g/mol. The van der Waals surface area contributed by atoms with E-state index in [9.17, 15) is 9.59 Å². The first-order valence-electron chi connectivity index (χ1n) is 11.2. The van der Waals surface area contributed by atoms with Crippen LogP contribution in [-0.4, -0.2) is 47.2 Å². The minimum Gasteiger partial charge on any atom is -0.444 e. The largest absolute Gasteiger partial charge is 0.444 e. The van der Waals surface area contributed by atoms with Gasteiger partial charge in [0.2, 0.25) is 0 Å². The number of piperidine rings is 1. The molecule has 2 heterocycles. The minimum absolute atomic E-state index is 0.160. The van der Waals surface area contributed by atoms with Gasteiger partial charge in [0.15, 0.2) is 0 Å². The quantitative estimate of drug-likeness (QED) is 0.468. The number of fused-ring (bicyclic) bond motifs is 1. The fourth-order valence-corrected chi connectivity index (χ4v) is 5.07. The van der Waals surface area contributed by atoms with Crippen LogP contribution < -0.4 is 0 Å². The molecule has 0 bridgehead atoms. The number of hydrogen-bond acceptors (Lipinski definition) is 4. The molecule has 0 aromatic heterocycles. The van der Waals surface area contributed by atoms with Crippen molar-refractivity contribution in [3.05, 3.63) is 59.8 Å². The fourth-order valence-electron chi connectivity index (χ4n) is 5.07. The molecule has 166 valence electrons. The molecule has 1 spiro atoms. The Balaban J connectivity index is 1.58. The lowest BCUT2D eigenvalue weighted by Crippen LogP contribution is -2.56. The third-order valence-electron chi connectivity index (χ3n) is 6.63. The number of allylic oxidation sites excluding steroid dienone is 6. The van der Waals surface area contributed by atoms with Gasteiger partial charge in [0.25, 0.3) is 0 Å². The van der Waals surface area contributed by atoms with Crippen LogP contribution in [0.1, 0.15) is 47.0 Å². The van der Waals surface area contributed by atoms with Crippen molar-refractivity contribution in [2.24, 2.45) is 11.8 Å². The van der Waals surface area contributed by atoms with Crippen molar-refractivity contribution in [1.29, 1.82) is 0 Å². The minimum atomic E-state index is -0.498. The van der Waals surface area contributed by atoms with Gasteiger partial charge >= 0.3 is 6.09 Å². The standard InChI is InChI=1S/C26H33NO4/c1-24(2,3)30-23(29)27-15-13-26(14-16-27)17-21(20-10-8-19(18-28)9-11-20)22-7-5-6-12-25(22,4)31-26/h5-10,12,17-18,20,22H,11,13-16H2,1-4H3/t20?,22?,25-/m1/s1. The summed E-state index contributed by atoms with van der Waals surface area (Å²) in [5, 5.41) is 0. The molecule has 1 fully saturated rings. The lowest BCUT2D eigenvalue weighted by Gasteiger charge is -2.52. The van der Waals surface area contributed by atoms with Crippen molar-refractivity contribution in [2.45, 2.75) is 63.8 Å². The van der Waals surface area contributed by atoms with E-state index in [1.807, 2.05) is 32.9 Å². The van der Waals surface area contributed by atoms with Crippen molar-refractivity contribution in [3.63, 3.8) is 0 Å². The van der Waals surface area contributed by atoms with E-state index in [1.165, 1.54) is 5.57 Å². The molecule has 4 aliphatic rings. The summed E-state index contributed by atoms with van der Waals surface area (Å²) in [6, 6.07) is 0. The van der Waals surface area contributed by atoms with Crippen LogP contribution in [0.4, 0.5) is 4.79 Å². The maximum atomic E-state index is 12.5. The Labute approximate surface area is 185 Å². The highest BCUT2D eigenvalue weighted by Gasteiger charge is 2.49. The first-order chi connectivity index (χ1) is 14.6. The number of hydrogen-bond donors (Lipinski definition) is 0. The number of rotatable bonds is 2. The van der Waals surface area contributed by atoms with E-state index in [0.29, 0.717) is 13.1 Å². The summed E-state index contributed by atoms with van der Waals surface area (Å²) in [5.74, 6) is 0.404. The Bertz CT molecular complexity index is 893. The smallest absolute Gasteiger partial charge is 0.410 e. The van der Waals surface area contributed by atoms with Gasteiger partial charge in [-0.2, -0.15) is 0 Å². The highest BCUT2D eigenvalue weighted by atomic mass is 16.6. The molecule has 0 N–H and O–H groups in total. The molecular weight excluding hydrogens is 390 g/mol. The molecule has 1 amide bonds. The molecule has 2 aliphatic heterocycles. The van der Waals surface area contributed by atoms with Gasteiger partial charge in [0.05, 0.1) is 11.2 Å². The molecule has 0 saturated carbocycles. The summed E-state index contributed by atoms with van der Waals surface area (Å²) in [5.41, 5.74) is 0.762. The topological polar surface area (TPSA) is 55.8 Å². The molecule has 2 aliphatic carbocycles. The Morgan fingerprint density at radius 1 is 1.23 bits per heavy atom. The first kappa shape index (κ1) is 21.8. The van der Waals surface area contributed by atoms with Crippen LogP contribution in [0.15, 0.2) is 59.8 Å². The van der Waals surface area contributed by atoms with Crippen LogP contribution in [0.5, 0.6) is 0 Å². The first-order valence-corrected chi connectivity index (χ1v) is 11.2. The predicted octanol–water partition coefficient (Wildman–Crippen LogP) is 4.92. The Morgan fingerprint density at radius 3 is 2.58 bits per heavy atom. The number of carbonyl (C=O) groups excluding carboxylic acids is 2. The zero-order valence-electron chi connectivity index (χ0n) is 19.0. The summed E-state index contributed by atoms with van der Waals surface area (Å²) < 4.78 is 12.4. The van der Waals surface area contributed by atoms with E-state index in [0.717, 1.165) is 31.1 Å². The van der Waals surface area contributed by atoms with Gasteiger partial charge in [-0.15, -0.1) is 0 Å². The molecule has 0 radical (unpaired) electrons. The molecule has 0 aromatic rings. The van der Waals surface area contributed by atoms with Crippen molar-refractivity contribution in [3.8, 4) is 0 Å². The second kappa shape index (κ2) is 7.94. The highest BCUT2D eigenvalue weighted by molar-refractivity contribution is 5.78. The van der Waals surface area contributed by atoms with Crippen molar-refractivity contribution in [2.75, 3.05) is 13.1 Å². The molecule has 31 heavy (non-hydrogen) atoms. The molecular formula is C26H33NO4. The molecule has 5 nitrogen and oxygen atoms in total. The van der Waals surface area contributed by atoms with E-state index >= 15 is 0 Å². The average Bonchev–Trinajstić information content (AvgIpc) is 2.72. The van der Waals surface area contributed by atoms with Gasteiger partial charge in [-0.3, -0.25) is 4.79 Å². The maximum Gasteiger partial charge on any atom is 0.410 e. The van der Waals surface area contributed by atoms with Crippen LogP contribution >= 0.6 is 0 Å². The lowest BCUT2D eigenvalue weighted by molar-refractivity contribution is -0.145. The van der Waals surface area contributed by atoms with Crippen molar-refractivity contribution < 1.29 is 19.1 Å². The van der Waals surface area contributed by atoms with E-state index in [2.05, 4.69) is 43.4 Å². The zero-order chi connectivity index (χ0) is 22.3. The lowest BCUT2D eigenvalue weighted by atomic mass is 9.68. The highest BCUT2D eigenvalue weighted by Crippen LogP contribution is 2.49. The molecule has 2 unspecified atom stereocenters. The number of ether oxygens (including phenoxy) is 2. The summed E-state index contributed by atoms with van der Waals surface area (Å²) in [6.45, 7) is 9.04. The molecule has 4 rings (SSSR count). The number of likely N-dealkylation sites (tertiary alicyclic amines) is 1. The summed E-state index contributed by atoms with van der Waals surface area (Å²) in [7, 11) is 0. The molecule has 0 aromatic carbocycles. The Morgan fingerprint density at radius 2 is 1.97 bits per heavy atom. The molecule has 3 atom stereocenters. The van der Waals surface area contributed by atoms with Crippen LogP contribution in [0.2, 0.25) is 0 Å². The van der Waals surface area contributed by atoms with E-state index in [4.69, 9.17) is 9.47 Å². The van der Waals surface area contributed by atoms with Crippen molar-refractivity contribution in [1.82, 2.24) is 4.90 Å². The predicted molar refractivity (Wildman–Crippen MR) is 121 cm³/mol.